The Kier molecular flexibility index (Phi) is 3.06. The van der Waals surface area contributed by atoms with Crippen molar-refractivity contribution >= 4 is 11.6 Å². The largest absolute Gasteiger partial charge is 0.427 e. The molecule has 7 heteroatoms. The van der Waals surface area contributed by atoms with Gasteiger partial charge in [0.25, 0.3) is 5.35 Å². The number of halogens is 5. The lowest BCUT2D eigenvalue weighted by molar-refractivity contribution is -0.139. The molecule has 0 aliphatic carbocycles. The summed E-state index contributed by atoms with van der Waals surface area (Å²) in [6.07, 6.45) is -4.73. The van der Waals surface area contributed by atoms with E-state index in [9.17, 15) is 17.6 Å². The third-order valence-corrected chi connectivity index (χ3v) is 2.47. The topological polar surface area (TPSA) is 26.0 Å². The van der Waals surface area contributed by atoms with E-state index >= 15 is 0 Å². The number of hydrogen-bond acceptors (Lipinski definition) is 2. The second kappa shape index (κ2) is 4.28. The van der Waals surface area contributed by atoms with Crippen molar-refractivity contribution < 1.29 is 22.0 Å². The molecule has 0 spiro atoms. The zero-order valence-corrected chi connectivity index (χ0v) is 9.73. The summed E-state index contributed by atoms with van der Waals surface area (Å²) < 4.78 is 55.5. The first-order valence-electron chi connectivity index (χ1n) is 4.79. The van der Waals surface area contributed by atoms with E-state index in [1.54, 1.807) is 6.92 Å². The number of rotatable bonds is 1. The van der Waals surface area contributed by atoms with Crippen molar-refractivity contribution in [1.29, 1.82) is 0 Å². The van der Waals surface area contributed by atoms with E-state index in [2.05, 4.69) is 4.98 Å². The van der Waals surface area contributed by atoms with Gasteiger partial charge in [0, 0.05) is 5.56 Å². The van der Waals surface area contributed by atoms with Gasteiger partial charge in [-0.25, -0.2) is 9.37 Å². The Labute approximate surface area is 104 Å². The molecule has 0 aliphatic rings. The third kappa shape index (κ3) is 2.33. The van der Waals surface area contributed by atoms with Gasteiger partial charge in [0.2, 0.25) is 0 Å². The van der Waals surface area contributed by atoms with Crippen molar-refractivity contribution in [2.24, 2.45) is 0 Å². The number of hydrogen-bond donors (Lipinski definition) is 0. The van der Waals surface area contributed by atoms with Gasteiger partial charge < -0.3 is 4.42 Å². The van der Waals surface area contributed by atoms with Gasteiger partial charge in [0.15, 0.2) is 5.76 Å². The van der Waals surface area contributed by atoms with Crippen molar-refractivity contribution in [1.82, 2.24) is 4.98 Å². The molecule has 2 rings (SSSR count). The van der Waals surface area contributed by atoms with Crippen LogP contribution in [0.1, 0.15) is 11.3 Å². The van der Waals surface area contributed by atoms with E-state index in [0.717, 1.165) is 12.1 Å². The molecule has 0 radical (unpaired) electrons. The second-order valence-corrected chi connectivity index (χ2v) is 3.90. The minimum absolute atomic E-state index is 0.146. The highest BCUT2D eigenvalue weighted by atomic mass is 35.5. The Morgan fingerprint density at radius 3 is 2.39 bits per heavy atom. The zero-order chi connectivity index (χ0) is 13.5. The van der Waals surface area contributed by atoms with Gasteiger partial charge in [0.05, 0.1) is 11.3 Å². The molecule has 0 saturated carbocycles. The Morgan fingerprint density at radius 1 is 1.28 bits per heavy atom. The van der Waals surface area contributed by atoms with Gasteiger partial charge >= 0.3 is 6.18 Å². The summed E-state index contributed by atoms with van der Waals surface area (Å²) in [5, 5.41) is -0.150. The van der Waals surface area contributed by atoms with Crippen LogP contribution in [-0.4, -0.2) is 4.98 Å². The molecule has 2 nitrogen and oxygen atoms in total. The molecule has 0 amide bonds. The Balaban J connectivity index is 2.50. The normalized spacial score (nSPS) is 11.9. The summed E-state index contributed by atoms with van der Waals surface area (Å²) in [5.74, 6) is -1.22. The lowest BCUT2D eigenvalue weighted by Crippen LogP contribution is -2.07. The number of oxazole rings is 1. The van der Waals surface area contributed by atoms with Crippen LogP contribution in [0, 0.1) is 12.7 Å². The minimum atomic E-state index is -4.73. The van der Waals surface area contributed by atoms with Crippen LogP contribution >= 0.6 is 11.6 Å². The van der Waals surface area contributed by atoms with Crippen molar-refractivity contribution in [3.8, 4) is 11.3 Å². The lowest BCUT2D eigenvalue weighted by atomic mass is 10.1. The van der Waals surface area contributed by atoms with E-state index in [1.807, 2.05) is 0 Å². The predicted octanol–water partition coefficient (Wildman–Crippen LogP) is 4.46. The van der Waals surface area contributed by atoms with E-state index in [1.165, 1.54) is 0 Å². The number of nitrogens with zero attached hydrogens (tertiary/aromatic N) is 1. The van der Waals surface area contributed by atoms with E-state index in [4.69, 9.17) is 16.0 Å². The van der Waals surface area contributed by atoms with Gasteiger partial charge in [-0.2, -0.15) is 13.2 Å². The quantitative estimate of drug-likeness (QED) is 0.720. The lowest BCUT2D eigenvalue weighted by Gasteiger charge is -2.08. The SMILES string of the molecule is Cc1nc(Cl)oc1-c1ccc(C(F)(F)F)c(F)c1. The molecule has 0 bridgehead atoms. The Hall–Kier alpha value is -1.56. The summed E-state index contributed by atoms with van der Waals surface area (Å²) in [7, 11) is 0. The van der Waals surface area contributed by atoms with Gasteiger partial charge in [-0.15, -0.1) is 0 Å². The fraction of sp³-hybridized carbons (Fsp3) is 0.182. The molecule has 0 saturated heterocycles. The van der Waals surface area contributed by atoms with E-state index in [0.29, 0.717) is 11.8 Å². The van der Waals surface area contributed by atoms with Gasteiger partial charge in [-0.05, 0) is 30.7 Å². The number of aromatic nitrogens is 1. The third-order valence-electron chi connectivity index (χ3n) is 2.31. The van der Waals surface area contributed by atoms with E-state index in [-0.39, 0.29) is 16.7 Å². The molecule has 96 valence electrons. The Morgan fingerprint density at radius 2 is 1.94 bits per heavy atom. The van der Waals surface area contributed by atoms with Crippen LogP contribution in [0.5, 0.6) is 0 Å². The maximum Gasteiger partial charge on any atom is 0.419 e. The Bertz CT molecular complexity index is 591. The standard InChI is InChI=1S/C11H6ClF4NO/c1-5-9(18-10(12)17-5)6-2-3-7(8(13)4-6)11(14,15)16/h2-4H,1H3. The first-order valence-corrected chi connectivity index (χ1v) is 5.17. The average molecular weight is 280 g/mol. The molecule has 0 fully saturated rings. The molecular formula is C11H6ClF4NO. The van der Waals surface area contributed by atoms with Crippen LogP contribution < -0.4 is 0 Å². The second-order valence-electron chi connectivity index (χ2n) is 3.57. The summed E-state index contributed by atoms with van der Waals surface area (Å²) in [6, 6.07) is 2.50. The van der Waals surface area contributed by atoms with Gasteiger partial charge in [0.1, 0.15) is 5.82 Å². The van der Waals surface area contributed by atoms with Gasteiger partial charge in [-0.1, -0.05) is 6.07 Å². The van der Waals surface area contributed by atoms with E-state index < -0.39 is 17.6 Å². The summed E-state index contributed by atoms with van der Waals surface area (Å²) in [5.41, 5.74) is -0.800. The van der Waals surface area contributed by atoms with Crippen LogP contribution in [0.4, 0.5) is 17.6 Å². The maximum absolute atomic E-state index is 13.4. The highest BCUT2D eigenvalue weighted by Gasteiger charge is 2.34. The first kappa shape index (κ1) is 12.9. The molecule has 0 unspecified atom stereocenters. The predicted molar refractivity (Wildman–Crippen MR) is 56.6 cm³/mol. The van der Waals surface area contributed by atoms with Crippen molar-refractivity contribution in [3.63, 3.8) is 0 Å². The molecule has 2 aromatic rings. The van der Waals surface area contributed by atoms with Crippen molar-refractivity contribution in [2.45, 2.75) is 13.1 Å². The van der Waals surface area contributed by atoms with Gasteiger partial charge in [-0.3, -0.25) is 0 Å². The minimum Gasteiger partial charge on any atom is -0.427 e. The summed E-state index contributed by atoms with van der Waals surface area (Å²) >= 11 is 5.51. The first-order chi connectivity index (χ1) is 8.29. The molecular weight excluding hydrogens is 274 g/mol. The number of aryl methyl sites for hydroxylation is 1. The van der Waals surface area contributed by atoms with Crippen LogP contribution in [0.25, 0.3) is 11.3 Å². The summed E-state index contributed by atoms with van der Waals surface area (Å²) in [6.45, 7) is 1.56. The number of alkyl halides is 3. The van der Waals surface area contributed by atoms with Crippen LogP contribution in [0.3, 0.4) is 0 Å². The molecule has 1 aromatic heterocycles. The summed E-state index contributed by atoms with van der Waals surface area (Å²) in [4.78, 5) is 3.74. The maximum atomic E-state index is 13.4. The zero-order valence-electron chi connectivity index (χ0n) is 8.98. The number of benzene rings is 1. The smallest absolute Gasteiger partial charge is 0.419 e. The highest BCUT2D eigenvalue weighted by Crippen LogP contribution is 2.34. The van der Waals surface area contributed by atoms with Crippen LogP contribution in [-0.2, 0) is 6.18 Å². The highest BCUT2D eigenvalue weighted by molar-refractivity contribution is 6.27. The average Bonchev–Trinajstić information content (AvgIpc) is 2.55. The monoisotopic (exact) mass is 279 g/mol. The molecule has 1 aromatic carbocycles. The molecule has 1 heterocycles. The van der Waals surface area contributed by atoms with Crippen molar-refractivity contribution in [3.05, 3.63) is 40.6 Å². The fourth-order valence-electron chi connectivity index (χ4n) is 1.52. The fourth-order valence-corrected chi connectivity index (χ4v) is 1.72. The van der Waals surface area contributed by atoms with Crippen LogP contribution in [0.2, 0.25) is 5.35 Å². The van der Waals surface area contributed by atoms with Crippen LogP contribution in [0.15, 0.2) is 22.6 Å². The molecule has 0 aliphatic heterocycles. The molecule has 0 atom stereocenters. The molecule has 18 heavy (non-hydrogen) atoms. The molecule has 0 N–H and O–H groups in total. The van der Waals surface area contributed by atoms with Crippen molar-refractivity contribution in [2.75, 3.05) is 0 Å².